The first kappa shape index (κ1) is 13.2. The van der Waals surface area contributed by atoms with Crippen molar-refractivity contribution in [2.24, 2.45) is 0 Å². The van der Waals surface area contributed by atoms with Crippen molar-refractivity contribution in [3.63, 3.8) is 0 Å². The molecule has 0 amide bonds. The predicted octanol–water partition coefficient (Wildman–Crippen LogP) is 3.75. The Morgan fingerprint density at radius 1 is 1.47 bits per heavy atom. The summed E-state index contributed by atoms with van der Waals surface area (Å²) in [6.07, 6.45) is 6.93. The average Bonchev–Trinajstić information content (AvgIpc) is 2.33. The Hall–Kier alpha value is -0.250. The molecule has 0 aliphatic heterocycles. The molecule has 0 radical (unpaired) electrons. The van der Waals surface area contributed by atoms with Crippen LogP contribution >= 0.6 is 23.4 Å². The van der Waals surface area contributed by atoms with Gasteiger partial charge in [-0.3, -0.25) is 0 Å². The van der Waals surface area contributed by atoms with E-state index in [2.05, 4.69) is 17.2 Å². The molecule has 0 aromatic carbocycles. The summed E-state index contributed by atoms with van der Waals surface area (Å²) >= 11 is 7.73. The molecule has 17 heavy (non-hydrogen) atoms. The molecule has 1 aromatic heterocycles. The molecule has 2 atom stereocenters. The second kappa shape index (κ2) is 6.62. The molecular weight excluding hydrogens is 252 g/mol. The first-order chi connectivity index (χ1) is 8.28. The van der Waals surface area contributed by atoms with E-state index in [4.69, 9.17) is 11.6 Å². The zero-order valence-corrected chi connectivity index (χ0v) is 11.7. The quantitative estimate of drug-likeness (QED) is 0.902. The minimum atomic E-state index is 0.693. The van der Waals surface area contributed by atoms with Crippen LogP contribution in [-0.4, -0.2) is 22.8 Å². The Labute approximate surface area is 113 Å². The number of hydrogen-bond acceptors (Lipinski definition) is 3. The molecule has 94 valence electrons. The van der Waals surface area contributed by atoms with Gasteiger partial charge in [0.05, 0.1) is 10.0 Å². The standard InChI is InChI=1S/C13H19ClN2S/c1-2-15-11-4-3-5-12(8-11)17-13-7-6-10(14)9-16-13/h6-7,9,11-12,15H,2-5,8H2,1H3. The molecular formula is C13H19ClN2S. The van der Waals surface area contributed by atoms with Crippen LogP contribution in [0, 0.1) is 0 Å². The Balaban J connectivity index is 1.87. The Morgan fingerprint density at radius 3 is 3.06 bits per heavy atom. The van der Waals surface area contributed by atoms with Gasteiger partial charge in [-0.15, -0.1) is 11.8 Å². The lowest BCUT2D eigenvalue weighted by atomic mass is 9.95. The summed E-state index contributed by atoms with van der Waals surface area (Å²) in [6, 6.07) is 4.63. The van der Waals surface area contributed by atoms with Crippen LogP contribution in [0.4, 0.5) is 0 Å². The van der Waals surface area contributed by atoms with Crippen LogP contribution in [0.5, 0.6) is 0 Å². The molecule has 1 aromatic rings. The third-order valence-electron chi connectivity index (χ3n) is 3.11. The molecule has 0 saturated heterocycles. The Bertz CT molecular complexity index is 340. The second-order valence-electron chi connectivity index (χ2n) is 4.48. The van der Waals surface area contributed by atoms with Crippen molar-refractivity contribution >= 4 is 23.4 Å². The van der Waals surface area contributed by atoms with Gasteiger partial charge in [-0.1, -0.05) is 24.9 Å². The highest BCUT2D eigenvalue weighted by molar-refractivity contribution is 7.99. The van der Waals surface area contributed by atoms with Crippen LogP contribution in [-0.2, 0) is 0 Å². The van der Waals surface area contributed by atoms with Gasteiger partial charge in [-0.2, -0.15) is 0 Å². The predicted molar refractivity (Wildman–Crippen MR) is 74.8 cm³/mol. The van der Waals surface area contributed by atoms with Crippen LogP contribution in [0.1, 0.15) is 32.6 Å². The second-order valence-corrected chi connectivity index (χ2v) is 6.23. The number of aromatic nitrogens is 1. The van der Waals surface area contributed by atoms with Crippen molar-refractivity contribution < 1.29 is 0 Å². The largest absolute Gasteiger partial charge is 0.314 e. The van der Waals surface area contributed by atoms with Gasteiger partial charge in [0.1, 0.15) is 0 Å². The topological polar surface area (TPSA) is 24.9 Å². The first-order valence-corrected chi connectivity index (χ1v) is 7.55. The number of halogens is 1. The molecule has 0 spiro atoms. The van der Waals surface area contributed by atoms with Gasteiger partial charge in [0.25, 0.3) is 0 Å². The molecule has 1 N–H and O–H groups in total. The molecule has 2 rings (SSSR count). The lowest BCUT2D eigenvalue weighted by Gasteiger charge is -2.28. The van der Waals surface area contributed by atoms with Gasteiger partial charge in [0.2, 0.25) is 0 Å². The van der Waals surface area contributed by atoms with Gasteiger partial charge in [0.15, 0.2) is 0 Å². The van der Waals surface area contributed by atoms with Gasteiger partial charge >= 0.3 is 0 Å². The van der Waals surface area contributed by atoms with Crippen LogP contribution < -0.4 is 5.32 Å². The Morgan fingerprint density at radius 2 is 2.35 bits per heavy atom. The van der Waals surface area contributed by atoms with Crippen LogP contribution in [0.2, 0.25) is 5.02 Å². The number of nitrogens with zero attached hydrogens (tertiary/aromatic N) is 1. The van der Waals surface area contributed by atoms with Crippen molar-refractivity contribution in [2.75, 3.05) is 6.54 Å². The third-order valence-corrected chi connectivity index (χ3v) is 4.57. The van der Waals surface area contributed by atoms with Crippen LogP contribution in [0.15, 0.2) is 23.4 Å². The molecule has 1 fully saturated rings. The number of nitrogens with one attached hydrogen (secondary N) is 1. The lowest BCUT2D eigenvalue weighted by Crippen LogP contribution is -2.34. The minimum absolute atomic E-state index is 0.693. The lowest BCUT2D eigenvalue weighted by molar-refractivity contribution is 0.387. The van der Waals surface area contributed by atoms with Gasteiger partial charge in [0, 0.05) is 17.5 Å². The molecule has 1 aliphatic rings. The molecule has 0 bridgehead atoms. The highest BCUT2D eigenvalue weighted by Gasteiger charge is 2.22. The zero-order valence-electron chi connectivity index (χ0n) is 10.2. The summed E-state index contributed by atoms with van der Waals surface area (Å²) in [5.41, 5.74) is 0. The van der Waals surface area contributed by atoms with Crippen molar-refractivity contribution in [1.82, 2.24) is 10.3 Å². The van der Waals surface area contributed by atoms with Crippen LogP contribution in [0.3, 0.4) is 0 Å². The van der Waals surface area contributed by atoms with E-state index >= 15 is 0 Å². The highest BCUT2D eigenvalue weighted by atomic mass is 35.5. The van der Waals surface area contributed by atoms with Gasteiger partial charge in [-0.05, 0) is 37.9 Å². The molecule has 2 nitrogen and oxygen atoms in total. The van der Waals surface area contributed by atoms with E-state index in [1.165, 1.54) is 25.7 Å². The van der Waals surface area contributed by atoms with Gasteiger partial charge in [-0.25, -0.2) is 4.98 Å². The molecule has 1 aliphatic carbocycles. The van der Waals surface area contributed by atoms with Crippen LogP contribution in [0.25, 0.3) is 0 Å². The fourth-order valence-electron chi connectivity index (χ4n) is 2.33. The number of thioether (sulfide) groups is 1. The number of pyridine rings is 1. The van der Waals surface area contributed by atoms with E-state index in [-0.39, 0.29) is 0 Å². The maximum atomic E-state index is 5.84. The summed E-state index contributed by atoms with van der Waals surface area (Å²) in [5.74, 6) is 0. The third kappa shape index (κ3) is 4.16. The van der Waals surface area contributed by atoms with E-state index in [1.807, 2.05) is 23.9 Å². The maximum Gasteiger partial charge on any atom is 0.0963 e. The van der Waals surface area contributed by atoms with E-state index < -0.39 is 0 Å². The van der Waals surface area contributed by atoms with Crippen molar-refractivity contribution in [3.05, 3.63) is 23.4 Å². The fraction of sp³-hybridized carbons (Fsp3) is 0.615. The molecule has 1 heterocycles. The normalized spacial score (nSPS) is 24.8. The zero-order chi connectivity index (χ0) is 12.1. The van der Waals surface area contributed by atoms with E-state index in [0.717, 1.165) is 11.6 Å². The summed E-state index contributed by atoms with van der Waals surface area (Å²) in [7, 11) is 0. The van der Waals surface area contributed by atoms with E-state index in [9.17, 15) is 0 Å². The first-order valence-electron chi connectivity index (χ1n) is 6.29. The van der Waals surface area contributed by atoms with E-state index in [1.54, 1.807) is 6.20 Å². The molecule has 2 unspecified atom stereocenters. The van der Waals surface area contributed by atoms with Crippen molar-refractivity contribution in [2.45, 2.75) is 48.9 Å². The fourth-order valence-corrected chi connectivity index (χ4v) is 3.66. The Kier molecular flexibility index (Phi) is 5.14. The van der Waals surface area contributed by atoms with Gasteiger partial charge < -0.3 is 5.32 Å². The smallest absolute Gasteiger partial charge is 0.0963 e. The monoisotopic (exact) mass is 270 g/mol. The maximum absolute atomic E-state index is 5.84. The summed E-state index contributed by atoms with van der Waals surface area (Å²) in [5, 5.41) is 6.06. The van der Waals surface area contributed by atoms with E-state index in [0.29, 0.717) is 16.3 Å². The average molecular weight is 271 g/mol. The number of hydrogen-bond donors (Lipinski definition) is 1. The minimum Gasteiger partial charge on any atom is -0.314 e. The molecule has 4 heteroatoms. The molecule has 1 saturated carbocycles. The summed E-state index contributed by atoms with van der Waals surface area (Å²) in [6.45, 7) is 3.25. The summed E-state index contributed by atoms with van der Waals surface area (Å²) in [4.78, 5) is 4.35. The van der Waals surface area contributed by atoms with Crippen molar-refractivity contribution in [3.8, 4) is 0 Å². The SMILES string of the molecule is CCNC1CCCC(Sc2ccc(Cl)cn2)C1. The highest BCUT2D eigenvalue weighted by Crippen LogP contribution is 2.32. The van der Waals surface area contributed by atoms with Crippen molar-refractivity contribution in [1.29, 1.82) is 0 Å². The summed E-state index contributed by atoms with van der Waals surface area (Å²) < 4.78 is 0. The number of rotatable bonds is 4.